The van der Waals surface area contributed by atoms with Gasteiger partial charge in [0.15, 0.2) is 0 Å². The Kier molecular flexibility index (Phi) is 1.50. The van der Waals surface area contributed by atoms with Gasteiger partial charge in [-0.1, -0.05) is 12.1 Å². The van der Waals surface area contributed by atoms with E-state index < -0.39 is 0 Å². The van der Waals surface area contributed by atoms with Crippen molar-refractivity contribution in [3.8, 4) is 6.01 Å². The number of nitrogens with zero attached hydrogens (tertiary/aromatic N) is 1. The van der Waals surface area contributed by atoms with Crippen LogP contribution in [0.1, 0.15) is 5.56 Å². The van der Waals surface area contributed by atoms with Crippen molar-refractivity contribution in [3.63, 3.8) is 0 Å². The summed E-state index contributed by atoms with van der Waals surface area (Å²) < 4.78 is 4.99. The number of ether oxygens (including phenoxy) is 1. The number of hydrogen-bond donors (Lipinski definition) is 1. The summed E-state index contributed by atoms with van der Waals surface area (Å²) in [6.45, 7) is 2.04. The van der Waals surface area contributed by atoms with E-state index in [2.05, 4.69) is 9.97 Å². The highest BCUT2D eigenvalue weighted by Gasteiger charge is 2.02. The first-order chi connectivity index (χ1) is 5.81. The molecule has 1 aromatic heterocycles. The summed E-state index contributed by atoms with van der Waals surface area (Å²) in [5, 5.41) is 0. The number of H-pyrrole nitrogens is 1. The number of methoxy groups -OCH3 is 1. The summed E-state index contributed by atoms with van der Waals surface area (Å²) in [6.07, 6.45) is 0. The van der Waals surface area contributed by atoms with Crippen LogP contribution in [0.25, 0.3) is 11.0 Å². The zero-order valence-electron chi connectivity index (χ0n) is 7.09. The van der Waals surface area contributed by atoms with Gasteiger partial charge in [0.05, 0.1) is 18.1 Å². The van der Waals surface area contributed by atoms with Gasteiger partial charge < -0.3 is 9.72 Å². The SMILES string of the molecule is COc1nc2cccc(C)c2[nH]1. The number of aryl methyl sites for hydroxylation is 1. The van der Waals surface area contributed by atoms with E-state index in [-0.39, 0.29) is 0 Å². The number of rotatable bonds is 1. The molecule has 0 radical (unpaired) electrons. The van der Waals surface area contributed by atoms with Gasteiger partial charge in [0.25, 0.3) is 6.01 Å². The normalized spacial score (nSPS) is 10.5. The molecule has 0 atom stereocenters. The Morgan fingerprint density at radius 3 is 2.92 bits per heavy atom. The fourth-order valence-corrected chi connectivity index (χ4v) is 1.25. The lowest BCUT2D eigenvalue weighted by Gasteiger charge is -1.91. The Hall–Kier alpha value is -1.51. The molecule has 0 amide bonds. The van der Waals surface area contributed by atoms with Gasteiger partial charge in [-0.15, -0.1) is 0 Å². The van der Waals surface area contributed by atoms with Crippen molar-refractivity contribution in [2.75, 3.05) is 7.11 Å². The average Bonchev–Trinajstić information content (AvgIpc) is 2.49. The number of para-hydroxylation sites is 1. The summed E-state index contributed by atoms with van der Waals surface area (Å²) in [4.78, 5) is 7.29. The molecule has 0 saturated carbocycles. The minimum absolute atomic E-state index is 0.569. The van der Waals surface area contributed by atoms with Gasteiger partial charge in [-0.25, -0.2) is 0 Å². The molecule has 3 heteroatoms. The molecule has 0 aliphatic rings. The van der Waals surface area contributed by atoms with Crippen LogP contribution in [0.15, 0.2) is 18.2 Å². The zero-order chi connectivity index (χ0) is 8.55. The third-order valence-corrected chi connectivity index (χ3v) is 1.90. The smallest absolute Gasteiger partial charge is 0.294 e. The maximum absolute atomic E-state index is 4.99. The van der Waals surface area contributed by atoms with Crippen LogP contribution in [0.2, 0.25) is 0 Å². The Morgan fingerprint density at radius 2 is 2.25 bits per heavy atom. The molecule has 1 heterocycles. The molecule has 1 N–H and O–H groups in total. The van der Waals surface area contributed by atoms with Crippen LogP contribution < -0.4 is 4.74 Å². The minimum Gasteiger partial charge on any atom is -0.468 e. The van der Waals surface area contributed by atoms with Crippen molar-refractivity contribution in [1.29, 1.82) is 0 Å². The van der Waals surface area contributed by atoms with Crippen LogP contribution in [0.3, 0.4) is 0 Å². The second-order valence-electron chi connectivity index (χ2n) is 2.72. The van der Waals surface area contributed by atoms with Crippen LogP contribution in [-0.4, -0.2) is 17.1 Å². The van der Waals surface area contributed by atoms with E-state index in [1.54, 1.807) is 7.11 Å². The number of hydrogen-bond acceptors (Lipinski definition) is 2. The summed E-state index contributed by atoms with van der Waals surface area (Å²) in [6, 6.07) is 6.55. The van der Waals surface area contributed by atoms with Crippen molar-refractivity contribution in [2.45, 2.75) is 6.92 Å². The Morgan fingerprint density at radius 1 is 1.42 bits per heavy atom. The van der Waals surface area contributed by atoms with E-state index in [1.807, 2.05) is 25.1 Å². The Bertz CT molecular complexity index is 406. The molecule has 12 heavy (non-hydrogen) atoms. The lowest BCUT2D eigenvalue weighted by atomic mass is 10.2. The molecule has 3 nitrogen and oxygen atoms in total. The van der Waals surface area contributed by atoms with Crippen molar-refractivity contribution < 1.29 is 4.74 Å². The first kappa shape index (κ1) is 7.16. The molecule has 0 bridgehead atoms. The maximum Gasteiger partial charge on any atom is 0.294 e. The number of aromatic amines is 1. The topological polar surface area (TPSA) is 37.9 Å². The predicted molar refractivity (Wildman–Crippen MR) is 47.4 cm³/mol. The van der Waals surface area contributed by atoms with Gasteiger partial charge in [-0.2, -0.15) is 4.98 Å². The van der Waals surface area contributed by atoms with Crippen LogP contribution in [0.5, 0.6) is 6.01 Å². The van der Waals surface area contributed by atoms with Gasteiger partial charge in [-0.05, 0) is 18.6 Å². The fourth-order valence-electron chi connectivity index (χ4n) is 1.25. The molecule has 2 aromatic rings. The van der Waals surface area contributed by atoms with Gasteiger partial charge in [0, 0.05) is 0 Å². The second-order valence-corrected chi connectivity index (χ2v) is 2.72. The highest BCUT2D eigenvalue weighted by Crippen LogP contribution is 2.18. The number of benzene rings is 1. The van der Waals surface area contributed by atoms with Crippen LogP contribution in [-0.2, 0) is 0 Å². The molecule has 1 aromatic carbocycles. The van der Waals surface area contributed by atoms with E-state index in [1.165, 1.54) is 5.56 Å². The van der Waals surface area contributed by atoms with Crippen LogP contribution >= 0.6 is 0 Å². The largest absolute Gasteiger partial charge is 0.468 e. The van der Waals surface area contributed by atoms with Gasteiger partial charge in [0.1, 0.15) is 0 Å². The highest BCUT2D eigenvalue weighted by molar-refractivity contribution is 5.78. The Balaban J connectivity index is 2.74. The highest BCUT2D eigenvalue weighted by atomic mass is 16.5. The number of nitrogens with one attached hydrogen (secondary N) is 1. The van der Waals surface area contributed by atoms with E-state index in [9.17, 15) is 0 Å². The molecule has 2 rings (SSSR count). The second kappa shape index (κ2) is 2.52. The number of imidazole rings is 1. The standard InChI is InChI=1S/C9H10N2O/c1-6-4-3-5-7-8(6)11-9(10-7)12-2/h3-5H,1-2H3,(H,10,11). The number of fused-ring (bicyclic) bond motifs is 1. The quantitative estimate of drug-likeness (QED) is 0.695. The van der Waals surface area contributed by atoms with Gasteiger partial charge >= 0.3 is 0 Å². The molecular formula is C9H10N2O. The first-order valence-electron chi connectivity index (χ1n) is 3.80. The molecule has 0 fully saturated rings. The third-order valence-electron chi connectivity index (χ3n) is 1.90. The summed E-state index contributed by atoms with van der Waals surface area (Å²) in [7, 11) is 1.60. The average molecular weight is 162 g/mol. The summed E-state index contributed by atoms with van der Waals surface area (Å²) >= 11 is 0. The maximum atomic E-state index is 4.99. The van der Waals surface area contributed by atoms with Crippen LogP contribution in [0.4, 0.5) is 0 Å². The summed E-state index contributed by atoms with van der Waals surface area (Å²) in [5.74, 6) is 0. The van der Waals surface area contributed by atoms with Crippen LogP contribution in [0, 0.1) is 6.92 Å². The van der Waals surface area contributed by atoms with Gasteiger partial charge in [0.2, 0.25) is 0 Å². The predicted octanol–water partition coefficient (Wildman–Crippen LogP) is 1.88. The van der Waals surface area contributed by atoms with Crippen molar-refractivity contribution in [3.05, 3.63) is 23.8 Å². The monoisotopic (exact) mass is 162 g/mol. The zero-order valence-corrected chi connectivity index (χ0v) is 7.09. The van der Waals surface area contributed by atoms with E-state index in [0.29, 0.717) is 6.01 Å². The molecule has 0 aliphatic carbocycles. The molecule has 0 aliphatic heterocycles. The minimum atomic E-state index is 0.569. The lowest BCUT2D eigenvalue weighted by molar-refractivity contribution is 0.386. The van der Waals surface area contributed by atoms with Gasteiger partial charge in [-0.3, -0.25) is 0 Å². The van der Waals surface area contributed by atoms with Crippen molar-refractivity contribution in [2.24, 2.45) is 0 Å². The van der Waals surface area contributed by atoms with E-state index >= 15 is 0 Å². The van der Waals surface area contributed by atoms with E-state index in [0.717, 1.165) is 11.0 Å². The van der Waals surface area contributed by atoms with Crippen molar-refractivity contribution >= 4 is 11.0 Å². The summed E-state index contributed by atoms with van der Waals surface area (Å²) in [5.41, 5.74) is 3.18. The third kappa shape index (κ3) is 0.942. The molecule has 0 unspecified atom stereocenters. The fraction of sp³-hybridized carbons (Fsp3) is 0.222. The molecule has 0 spiro atoms. The molecule has 0 saturated heterocycles. The Labute approximate surface area is 70.4 Å². The van der Waals surface area contributed by atoms with Crippen molar-refractivity contribution in [1.82, 2.24) is 9.97 Å². The lowest BCUT2D eigenvalue weighted by Crippen LogP contribution is -1.82. The molecular weight excluding hydrogens is 152 g/mol. The first-order valence-corrected chi connectivity index (χ1v) is 3.80. The van der Waals surface area contributed by atoms with E-state index in [4.69, 9.17) is 4.74 Å². The number of aromatic nitrogens is 2. The molecule has 62 valence electrons.